The van der Waals surface area contributed by atoms with Crippen molar-refractivity contribution in [2.24, 2.45) is 5.73 Å². The monoisotopic (exact) mass is 229 g/mol. The highest BCUT2D eigenvalue weighted by Gasteiger charge is 2.13. The van der Waals surface area contributed by atoms with Crippen LogP contribution < -0.4 is 5.73 Å². The normalized spacial score (nSPS) is 16.5. The Kier molecular flexibility index (Phi) is 2.85. The molecule has 3 rings (SSSR count). The van der Waals surface area contributed by atoms with E-state index < -0.39 is 0 Å². The smallest absolute Gasteiger partial charge is 0.137 e. The molecule has 0 atom stereocenters. The van der Waals surface area contributed by atoms with Gasteiger partial charge in [0, 0.05) is 18.4 Å². The van der Waals surface area contributed by atoms with Crippen LogP contribution in [0.5, 0.6) is 0 Å². The Bertz CT molecular complexity index is 527. The van der Waals surface area contributed by atoms with E-state index >= 15 is 0 Å². The third-order valence-corrected chi connectivity index (χ3v) is 3.69. The number of fused-ring (bicyclic) bond motifs is 3. The van der Waals surface area contributed by atoms with E-state index in [2.05, 4.69) is 22.7 Å². The molecule has 90 valence electrons. The van der Waals surface area contributed by atoms with Crippen LogP contribution in [0.2, 0.25) is 0 Å². The van der Waals surface area contributed by atoms with Crippen LogP contribution in [0, 0.1) is 0 Å². The van der Waals surface area contributed by atoms with Gasteiger partial charge in [0.1, 0.15) is 5.65 Å². The summed E-state index contributed by atoms with van der Waals surface area (Å²) < 4.78 is 2.25. The number of imidazole rings is 1. The topological polar surface area (TPSA) is 43.3 Å². The third kappa shape index (κ3) is 1.95. The summed E-state index contributed by atoms with van der Waals surface area (Å²) in [5.41, 5.74) is 10.6. The summed E-state index contributed by atoms with van der Waals surface area (Å²) in [5, 5.41) is 0. The molecule has 0 unspecified atom stereocenters. The van der Waals surface area contributed by atoms with E-state index in [4.69, 9.17) is 10.7 Å². The Labute approximate surface area is 102 Å². The predicted molar refractivity (Wildman–Crippen MR) is 69.0 cm³/mol. The fourth-order valence-corrected chi connectivity index (χ4v) is 2.72. The minimum Gasteiger partial charge on any atom is -0.326 e. The van der Waals surface area contributed by atoms with Gasteiger partial charge in [-0.25, -0.2) is 4.98 Å². The van der Waals surface area contributed by atoms with Gasteiger partial charge in [-0.15, -0.1) is 0 Å². The maximum atomic E-state index is 5.68. The summed E-state index contributed by atoms with van der Waals surface area (Å²) in [4.78, 5) is 4.77. The molecular weight excluding hydrogens is 210 g/mol. The Morgan fingerprint density at radius 1 is 1.18 bits per heavy atom. The molecule has 3 nitrogen and oxygen atoms in total. The molecule has 2 heterocycles. The summed E-state index contributed by atoms with van der Waals surface area (Å²) in [5.74, 6) is 0. The van der Waals surface area contributed by atoms with Gasteiger partial charge in [-0.3, -0.25) is 0 Å². The second kappa shape index (κ2) is 4.49. The highest BCUT2D eigenvalue weighted by Crippen LogP contribution is 2.21. The maximum absolute atomic E-state index is 5.68. The van der Waals surface area contributed by atoms with Gasteiger partial charge >= 0.3 is 0 Å². The minimum absolute atomic E-state index is 0.591. The van der Waals surface area contributed by atoms with Crippen LogP contribution in [0.3, 0.4) is 0 Å². The zero-order valence-corrected chi connectivity index (χ0v) is 10.2. The quantitative estimate of drug-likeness (QED) is 0.816. The first-order valence-corrected chi connectivity index (χ1v) is 6.57. The van der Waals surface area contributed by atoms with Crippen molar-refractivity contribution in [1.29, 1.82) is 0 Å². The molecule has 0 amide bonds. The first-order valence-electron chi connectivity index (χ1n) is 6.57. The van der Waals surface area contributed by atoms with E-state index in [-0.39, 0.29) is 0 Å². The molecule has 3 heteroatoms. The number of pyridine rings is 1. The molecule has 0 bridgehead atoms. The molecule has 17 heavy (non-hydrogen) atoms. The Morgan fingerprint density at radius 3 is 2.82 bits per heavy atom. The number of hydrogen-bond donors (Lipinski definition) is 1. The molecule has 1 aliphatic carbocycles. The van der Waals surface area contributed by atoms with Crippen molar-refractivity contribution in [2.75, 3.05) is 0 Å². The molecular formula is C14H19N3. The largest absolute Gasteiger partial charge is 0.326 e. The van der Waals surface area contributed by atoms with Crippen LogP contribution in [-0.4, -0.2) is 9.38 Å². The lowest BCUT2D eigenvalue weighted by Gasteiger charge is -2.09. The Balaban J connectivity index is 2.11. The summed E-state index contributed by atoms with van der Waals surface area (Å²) in [7, 11) is 0. The summed E-state index contributed by atoms with van der Waals surface area (Å²) >= 11 is 0. The lowest BCUT2D eigenvalue weighted by Crippen LogP contribution is -2.02. The number of nitrogens with two attached hydrogens (primary N) is 1. The van der Waals surface area contributed by atoms with Crippen molar-refractivity contribution in [3.63, 3.8) is 0 Å². The molecule has 2 aromatic rings. The fraction of sp³-hybridized carbons (Fsp3) is 0.500. The van der Waals surface area contributed by atoms with Crippen LogP contribution in [0.15, 0.2) is 18.3 Å². The van der Waals surface area contributed by atoms with E-state index in [0.29, 0.717) is 6.54 Å². The third-order valence-electron chi connectivity index (χ3n) is 3.69. The van der Waals surface area contributed by atoms with Crippen LogP contribution >= 0.6 is 0 Å². The standard InChI is InChI=1S/C14H19N3/c15-10-11-7-8-17-13-6-4-2-1-3-5-12(13)16-14(17)9-11/h7-9H,1-6,10,15H2. The lowest BCUT2D eigenvalue weighted by atomic mass is 10.0. The SMILES string of the molecule is NCc1ccn2c3c(nc2c1)CCCCCC3. The van der Waals surface area contributed by atoms with Gasteiger partial charge in [-0.05, 0) is 43.4 Å². The number of rotatable bonds is 1. The zero-order valence-electron chi connectivity index (χ0n) is 10.2. The van der Waals surface area contributed by atoms with E-state index in [1.807, 2.05) is 0 Å². The van der Waals surface area contributed by atoms with Gasteiger partial charge in [-0.1, -0.05) is 12.8 Å². The van der Waals surface area contributed by atoms with E-state index in [1.54, 1.807) is 0 Å². The summed E-state index contributed by atoms with van der Waals surface area (Å²) in [6, 6.07) is 4.22. The van der Waals surface area contributed by atoms with Crippen LogP contribution in [-0.2, 0) is 19.4 Å². The molecule has 0 aliphatic heterocycles. The molecule has 0 saturated carbocycles. The van der Waals surface area contributed by atoms with Gasteiger partial charge in [0.15, 0.2) is 0 Å². The van der Waals surface area contributed by atoms with E-state index in [0.717, 1.165) is 17.6 Å². The molecule has 2 N–H and O–H groups in total. The number of hydrogen-bond acceptors (Lipinski definition) is 2. The van der Waals surface area contributed by atoms with Crippen LogP contribution in [0.25, 0.3) is 5.65 Å². The number of nitrogens with zero attached hydrogens (tertiary/aromatic N) is 2. The summed E-state index contributed by atoms with van der Waals surface area (Å²) in [6.45, 7) is 0.591. The Morgan fingerprint density at radius 2 is 2.00 bits per heavy atom. The summed E-state index contributed by atoms with van der Waals surface area (Å²) in [6.07, 6.45) is 9.70. The molecule has 1 aliphatic rings. The second-order valence-corrected chi connectivity index (χ2v) is 4.89. The second-order valence-electron chi connectivity index (χ2n) is 4.89. The van der Waals surface area contributed by atoms with E-state index in [1.165, 1.54) is 43.5 Å². The average molecular weight is 229 g/mol. The van der Waals surface area contributed by atoms with Crippen molar-refractivity contribution in [3.8, 4) is 0 Å². The zero-order chi connectivity index (χ0) is 11.7. The lowest BCUT2D eigenvalue weighted by molar-refractivity contribution is 0.605. The van der Waals surface area contributed by atoms with Gasteiger partial charge in [0.2, 0.25) is 0 Å². The van der Waals surface area contributed by atoms with Crippen molar-refractivity contribution in [2.45, 2.75) is 45.1 Å². The number of aromatic nitrogens is 2. The first-order chi connectivity index (χ1) is 8.38. The number of aryl methyl sites for hydroxylation is 2. The molecule has 0 saturated heterocycles. The van der Waals surface area contributed by atoms with Crippen molar-refractivity contribution < 1.29 is 0 Å². The van der Waals surface area contributed by atoms with E-state index in [9.17, 15) is 0 Å². The van der Waals surface area contributed by atoms with Crippen molar-refractivity contribution >= 4 is 5.65 Å². The van der Waals surface area contributed by atoms with Crippen molar-refractivity contribution in [1.82, 2.24) is 9.38 Å². The average Bonchev–Trinajstić information content (AvgIpc) is 2.65. The van der Waals surface area contributed by atoms with Gasteiger partial charge < -0.3 is 10.1 Å². The first kappa shape index (κ1) is 10.8. The minimum atomic E-state index is 0.591. The molecule has 2 aromatic heterocycles. The maximum Gasteiger partial charge on any atom is 0.137 e. The Hall–Kier alpha value is -1.35. The molecule has 0 aromatic carbocycles. The van der Waals surface area contributed by atoms with Gasteiger partial charge in [0.05, 0.1) is 5.69 Å². The van der Waals surface area contributed by atoms with Crippen LogP contribution in [0.1, 0.15) is 42.6 Å². The molecule has 0 fully saturated rings. The van der Waals surface area contributed by atoms with Gasteiger partial charge in [0.25, 0.3) is 0 Å². The fourth-order valence-electron chi connectivity index (χ4n) is 2.72. The highest BCUT2D eigenvalue weighted by molar-refractivity contribution is 5.46. The molecule has 0 radical (unpaired) electrons. The predicted octanol–water partition coefficient (Wildman–Crippen LogP) is 2.45. The molecule has 0 spiro atoms. The van der Waals surface area contributed by atoms with Crippen molar-refractivity contribution in [3.05, 3.63) is 35.3 Å². The van der Waals surface area contributed by atoms with Gasteiger partial charge in [-0.2, -0.15) is 0 Å². The highest BCUT2D eigenvalue weighted by atomic mass is 15.0. The van der Waals surface area contributed by atoms with Crippen LogP contribution in [0.4, 0.5) is 0 Å².